The SMILES string of the molecule is O=C(O)CC1(CNCCCNC(=O)CBr)CCCCC1. The molecule has 0 radical (unpaired) electrons. The molecule has 0 saturated heterocycles. The van der Waals surface area contributed by atoms with E-state index in [1.165, 1.54) is 6.42 Å². The van der Waals surface area contributed by atoms with Crippen molar-refractivity contribution in [1.29, 1.82) is 0 Å². The summed E-state index contributed by atoms with van der Waals surface area (Å²) in [6, 6.07) is 0. The van der Waals surface area contributed by atoms with Gasteiger partial charge in [-0.15, -0.1) is 0 Å². The van der Waals surface area contributed by atoms with Gasteiger partial charge in [-0.2, -0.15) is 0 Å². The minimum Gasteiger partial charge on any atom is -0.481 e. The maximum Gasteiger partial charge on any atom is 0.303 e. The lowest BCUT2D eigenvalue weighted by Crippen LogP contribution is -2.39. The highest BCUT2D eigenvalue weighted by Crippen LogP contribution is 2.38. The van der Waals surface area contributed by atoms with Crippen molar-refractivity contribution in [3.05, 3.63) is 0 Å². The first kappa shape index (κ1) is 17.4. The van der Waals surface area contributed by atoms with Crippen LogP contribution in [0.5, 0.6) is 0 Å². The normalized spacial score (nSPS) is 17.6. The van der Waals surface area contributed by atoms with Crippen molar-refractivity contribution in [3.63, 3.8) is 0 Å². The number of hydrogen-bond donors (Lipinski definition) is 3. The van der Waals surface area contributed by atoms with Crippen LogP contribution in [-0.4, -0.2) is 41.9 Å². The summed E-state index contributed by atoms with van der Waals surface area (Å²) in [7, 11) is 0. The quantitative estimate of drug-likeness (QED) is 0.439. The Hall–Kier alpha value is -0.620. The summed E-state index contributed by atoms with van der Waals surface area (Å²) in [6.07, 6.45) is 6.63. The summed E-state index contributed by atoms with van der Waals surface area (Å²) >= 11 is 3.10. The Morgan fingerprint density at radius 1 is 1.15 bits per heavy atom. The lowest BCUT2D eigenvalue weighted by atomic mass is 9.71. The van der Waals surface area contributed by atoms with Crippen LogP contribution in [0.2, 0.25) is 0 Å². The van der Waals surface area contributed by atoms with Gasteiger partial charge in [0, 0.05) is 13.1 Å². The number of alkyl halides is 1. The maximum atomic E-state index is 11.0. The third kappa shape index (κ3) is 6.70. The molecule has 116 valence electrons. The second-order valence-electron chi connectivity index (χ2n) is 5.65. The van der Waals surface area contributed by atoms with Gasteiger partial charge in [0.25, 0.3) is 0 Å². The van der Waals surface area contributed by atoms with Gasteiger partial charge in [0.05, 0.1) is 11.8 Å². The maximum absolute atomic E-state index is 11.0. The second kappa shape index (κ2) is 9.34. The Morgan fingerprint density at radius 3 is 2.45 bits per heavy atom. The molecule has 0 aromatic carbocycles. The van der Waals surface area contributed by atoms with Crippen LogP contribution in [0.15, 0.2) is 0 Å². The third-order valence-electron chi connectivity index (χ3n) is 3.91. The zero-order valence-electron chi connectivity index (χ0n) is 11.9. The van der Waals surface area contributed by atoms with E-state index in [4.69, 9.17) is 5.11 Å². The first-order chi connectivity index (χ1) is 9.58. The van der Waals surface area contributed by atoms with E-state index in [-0.39, 0.29) is 17.7 Å². The van der Waals surface area contributed by atoms with Crippen LogP contribution in [0.1, 0.15) is 44.9 Å². The van der Waals surface area contributed by atoms with Crippen LogP contribution >= 0.6 is 15.9 Å². The molecule has 0 aromatic heterocycles. The summed E-state index contributed by atoms with van der Waals surface area (Å²) in [4.78, 5) is 22.1. The smallest absolute Gasteiger partial charge is 0.303 e. The zero-order chi connectivity index (χ0) is 14.8. The Bertz CT molecular complexity index is 318. The van der Waals surface area contributed by atoms with Crippen LogP contribution in [0.3, 0.4) is 0 Å². The standard InChI is InChI=1S/C14H25BrN2O3/c15-10-12(18)17-8-4-7-16-11-14(9-13(19)20)5-2-1-3-6-14/h16H,1-11H2,(H,17,18)(H,19,20). The average Bonchev–Trinajstić information content (AvgIpc) is 2.42. The first-order valence-corrected chi connectivity index (χ1v) is 8.45. The minimum atomic E-state index is -0.696. The van der Waals surface area contributed by atoms with E-state index in [1.54, 1.807) is 0 Å². The molecule has 1 amide bonds. The van der Waals surface area contributed by atoms with Crippen molar-refractivity contribution in [1.82, 2.24) is 10.6 Å². The van der Waals surface area contributed by atoms with Crippen molar-refractivity contribution in [3.8, 4) is 0 Å². The number of hydrogen-bond acceptors (Lipinski definition) is 3. The van der Waals surface area contributed by atoms with E-state index < -0.39 is 5.97 Å². The van der Waals surface area contributed by atoms with Crippen molar-refractivity contribution in [2.24, 2.45) is 5.41 Å². The molecule has 1 saturated carbocycles. The second-order valence-corrected chi connectivity index (χ2v) is 6.21. The molecule has 0 heterocycles. The van der Waals surface area contributed by atoms with Crippen LogP contribution in [0.4, 0.5) is 0 Å². The fraction of sp³-hybridized carbons (Fsp3) is 0.857. The summed E-state index contributed by atoms with van der Waals surface area (Å²) in [6.45, 7) is 2.24. The lowest BCUT2D eigenvalue weighted by molar-refractivity contribution is -0.140. The van der Waals surface area contributed by atoms with Crippen LogP contribution < -0.4 is 10.6 Å². The topological polar surface area (TPSA) is 78.4 Å². The number of aliphatic carboxylic acids is 1. The molecule has 1 rings (SSSR count). The van der Waals surface area contributed by atoms with Gasteiger partial charge in [-0.25, -0.2) is 0 Å². The number of carbonyl (C=O) groups excluding carboxylic acids is 1. The van der Waals surface area contributed by atoms with E-state index >= 15 is 0 Å². The average molecular weight is 349 g/mol. The molecule has 3 N–H and O–H groups in total. The molecule has 6 heteroatoms. The molecule has 0 aliphatic heterocycles. The van der Waals surface area contributed by atoms with E-state index in [1.807, 2.05) is 0 Å². The van der Waals surface area contributed by atoms with E-state index in [9.17, 15) is 9.59 Å². The van der Waals surface area contributed by atoms with Gasteiger partial charge in [-0.1, -0.05) is 35.2 Å². The monoisotopic (exact) mass is 348 g/mol. The molecular formula is C14H25BrN2O3. The molecule has 5 nitrogen and oxygen atoms in total. The minimum absolute atomic E-state index is 0.000344. The van der Waals surface area contributed by atoms with Gasteiger partial charge in [0.2, 0.25) is 5.91 Å². The van der Waals surface area contributed by atoms with Gasteiger partial charge in [0.15, 0.2) is 0 Å². The summed E-state index contributed by atoms with van der Waals surface area (Å²) in [5.41, 5.74) is -0.0663. The number of carboxylic acids is 1. The Kier molecular flexibility index (Phi) is 8.14. The molecular weight excluding hydrogens is 324 g/mol. The molecule has 0 atom stereocenters. The van der Waals surface area contributed by atoms with Crippen molar-refractivity contribution < 1.29 is 14.7 Å². The molecule has 20 heavy (non-hydrogen) atoms. The Balaban J connectivity index is 2.22. The van der Waals surface area contributed by atoms with Crippen molar-refractivity contribution >= 4 is 27.8 Å². The number of nitrogens with one attached hydrogen (secondary N) is 2. The third-order valence-corrected chi connectivity index (χ3v) is 4.42. The molecule has 1 fully saturated rings. The number of carbonyl (C=O) groups is 2. The van der Waals surface area contributed by atoms with Gasteiger partial charge in [-0.3, -0.25) is 9.59 Å². The van der Waals surface area contributed by atoms with Gasteiger partial charge < -0.3 is 15.7 Å². The molecule has 0 bridgehead atoms. The fourth-order valence-corrected chi connectivity index (χ4v) is 3.08. The highest BCUT2D eigenvalue weighted by molar-refractivity contribution is 9.09. The van der Waals surface area contributed by atoms with Crippen molar-refractivity contribution in [2.45, 2.75) is 44.9 Å². The first-order valence-electron chi connectivity index (χ1n) is 7.33. The fourth-order valence-electron chi connectivity index (χ4n) is 2.88. The summed E-state index contributed by atoms with van der Waals surface area (Å²) in [5, 5.41) is 15.6. The van der Waals surface area contributed by atoms with E-state index in [0.717, 1.165) is 45.2 Å². The predicted octanol–water partition coefficient (Wildman–Crippen LogP) is 1.90. The van der Waals surface area contributed by atoms with E-state index in [2.05, 4.69) is 26.6 Å². The molecule has 1 aliphatic rings. The highest BCUT2D eigenvalue weighted by Gasteiger charge is 2.33. The van der Waals surface area contributed by atoms with Gasteiger partial charge in [-0.05, 0) is 31.2 Å². The number of rotatable bonds is 9. The number of amides is 1. The number of halogens is 1. The van der Waals surface area contributed by atoms with E-state index in [0.29, 0.717) is 11.9 Å². The van der Waals surface area contributed by atoms with Gasteiger partial charge in [0.1, 0.15) is 0 Å². The summed E-state index contributed by atoms with van der Waals surface area (Å²) in [5.74, 6) is -0.696. The molecule has 0 spiro atoms. The largest absolute Gasteiger partial charge is 0.481 e. The van der Waals surface area contributed by atoms with Crippen LogP contribution in [0, 0.1) is 5.41 Å². The van der Waals surface area contributed by atoms with Crippen molar-refractivity contribution in [2.75, 3.05) is 25.0 Å². The van der Waals surface area contributed by atoms with Crippen LogP contribution in [0.25, 0.3) is 0 Å². The molecule has 0 aromatic rings. The van der Waals surface area contributed by atoms with Gasteiger partial charge >= 0.3 is 5.97 Å². The Labute approximate surface area is 129 Å². The lowest BCUT2D eigenvalue weighted by Gasteiger charge is -2.36. The Morgan fingerprint density at radius 2 is 1.85 bits per heavy atom. The highest BCUT2D eigenvalue weighted by atomic mass is 79.9. The molecule has 1 aliphatic carbocycles. The molecule has 0 unspecified atom stereocenters. The zero-order valence-corrected chi connectivity index (χ0v) is 13.5. The number of carboxylic acid groups (broad SMARTS) is 1. The summed E-state index contributed by atoms with van der Waals surface area (Å²) < 4.78 is 0. The van der Waals surface area contributed by atoms with Crippen LogP contribution in [-0.2, 0) is 9.59 Å². The predicted molar refractivity (Wildman–Crippen MR) is 82.1 cm³/mol.